The first-order valence-corrected chi connectivity index (χ1v) is 8.22. The number of methoxy groups -OCH3 is 2. The molecular formula is C20H18F2O7. The van der Waals surface area contributed by atoms with Gasteiger partial charge in [-0.15, -0.1) is 0 Å². The lowest BCUT2D eigenvalue weighted by Crippen LogP contribution is -2.10. The van der Waals surface area contributed by atoms with Crippen LogP contribution in [-0.2, 0) is 4.79 Å². The van der Waals surface area contributed by atoms with Crippen molar-refractivity contribution in [2.45, 2.75) is 6.61 Å². The van der Waals surface area contributed by atoms with E-state index in [9.17, 15) is 18.4 Å². The number of hydrogen-bond donors (Lipinski definition) is 1. The number of carboxylic acid groups (broad SMARTS) is 1. The zero-order valence-corrected chi connectivity index (χ0v) is 15.6. The van der Waals surface area contributed by atoms with Gasteiger partial charge < -0.3 is 24.1 Å². The van der Waals surface area contributed by atoms with Gasteiger partial charge in [0.15, 0.2) is 35.4 Å². The van der Waals surface area contributed by atoms with Crippen LogP contribution in [0, 0.1) is 0 Å². The summed E-state index contributed by atoms with van der Waals surface area (Å²) < 4.78 is 44.6. The van der Waals surface area contributed by atoms with Crippen LogP contribution < -0.4 is 18.9 Å². The summed E-state index contributed by atoms with van der Waals surface area (Å²) in [5.74, 6) is -1.18. The predicted octanol–water partition coefficient (Wildman–Crippen LogP) is 3.66. The molecule has 0 atom stereocenters. The fraction of sp³-hybridized carbons (Fsp3) is 0.200. The third-order valence-electron chi connectivity index (χ3n) is 3.63. The molecule has 2 aromatic rings. The topological polar surface area (TPSA) is 91.3 Å². The van der Waals surface area contributed by atoms with Gasteiger partial charge in [0.1, 0.15) is 0 Å². The van der Waals surface area contributed by atoms with Crippen molar-refractivity contribution in [3.63, 3.8) is 0 Å². The zero-order valence-electron chi connectivity index (χ0n) is 15.6. The average Bonchev–Trinajstić information content (AvgIpc) is 2.69. The molecule has 0 bridgehead atoms. The molecule has 0 fully saturated rings. The Morgan fingerprint density at radius 1 is 1.00 bits per heavy atom. The largest absolute Gasteiger partial charge is 0.493 e. The number of benzene rings is 2. The monoisotopic (exact) mass is 408 g/mol. The van der Waals surface area contributed by atoms with Crippen LogP contribution in [0.3, 0.4) is 0 Å². The Balaban J connectivity index is 2.19. The van der Waals surface area contributed by atoms with Crippen molar-refractivity contribution in [3.05, 3.63) is 53.6 Å². The predicted molar refractivity (Wildman–Crippen MR) is 99.1 cm³/mol. The molecule has 9 heteroatoms. The van der Waals surface area contributed by atoms with Gasteiger partial charge in [-0.3, -0.25) is 4.79 Å². The van der Waals surface area contributed by atoms with E-state index in [-0.39, 0.29) is 34.3 Å². The number of carboxylic acids is 1. The Kier molecular flexibility index (Phi) is 7.53. The second kappa shape index (κ2) is 10.1. The highest BCUT2D eigenvalue weighted by Gasteiger charge is 2.12. The lowest BCUT2D eigenvalue weighted by Gasteiger charge is -2.10. The molecule has 0 amide bonds. The summed E-state index contributed by atoms with van der Waals surface area (Å²) in [4.78, 5) is 23.0. The Labute approximate surface area is 165 Å². The molecule has 7 nitrogen and oxygen atoms in total. The number of carbonyl (C=O) groups is 2. The minimum absolute atomic E-state index is 0.135. The quantitative estimate of drug-likeness (QED) is 0.474. The molecule has 0 saturated heterocycles. The number of ether oxygens (including phenoxy) is 4. The average molecular weight is 408 g/mol. The molecule has 0 aliphatic carbocycles. The smallest absolute Gasteiger partial charge is 0.387 e. The first kappa shape index (κ1) is 21.7. The van der Waals surface area contributed by atoms with E-state index >= 15 is 0 Å². The van der Waals surface area contributed by atoms with Gasteiger partial charge in [0.25, 0.3) is 0 Å². The normalized spacial score (nSPS) is 10.8. The highest BCUT2D eigenvalue weighted by Crippen LogP contribution is 2.31. The zero-order chi connectivity index (χ0) is 21.4. The minimum Gasteiger partial charge on any atom is -0.493 e. The van der Waals surface area contributed by atoms with Crippen LogP contribution in [-0.4, -0.2) is 44.3 Å². The third kappa shape index (κ3) is 6.20. The fourth-order valence-electron chi connectivity index (χ4n) is 2.33. The van der Waals surface area contributed by atoms with E-state index in [1.807, 2.05) is 0 Å². The summed E-state index contributed by atoms with van der Waals surface area (Å²) in [6.07, 6.45) is 2.68. The molecule has 0 unspecified atom stereocenters. The number of alkyl halides is 2. The Morgan fingerprint density at radius 2 is 1.69 bits per heavy atom. The van der Waals surface area contributed by atoms with Crippen LogP contribution in [0.5, 0.6) is 23.0 Å². The van der Waals surface area contributed by atoms with Gasteiger partial charge in [-0.25, -0.2) is 4.79 Å². The Hall–Kier alpha value is -3.62. The maximum Gasteiger partial charge on any atom is 0.387 e. The maximum absolute atomic E-state index is 12.5. The molecule has 0 radical (unpaired) electrons. The number of aliphatic carboxylic acids is 1. The minimum atomic E-state index is -3.01. The molecule has 1 N–H and O–H groups in total. The summed E-state index contributed by atoms with van der Waals surface area (Å²) in [6, 6.07) is 8.61. The van der Waals surface area contributed by atoms with Crippen LogP contribution >= 0.6 is 0 Å². The number of carbonyl (C=O) groups excluding carboxylic acids is 1. The molecule has 0 aliphatic heterocycles. The van der Waals surface area contributed by atoms with E-state index in [4.69, 9.17) is 19.3 Å². The Bertz CT molecular complexity index is 910. The fourth-order valence-corrected chi connectivity index (χ4v) is 2.33. The van der Waals surface area contributed by atoms with Crippen molar-refractivity contribution in [1.29, 1.82) is 0 Å². The second-order valence-corrected chi connectivity index (χ2v) is 5.53. The van der Waals surface area contributed by atoms with E-state index in [1.54, 1.807) is 6.07 Å². The van der Waals surface area contributed by atoms with E-state index < -0.39 is 19.2 Å². The standard InChI is InChI=1S/C20H18F2O7/c1-26-15-7-4-12(9-18(15)29-20(21)22)3-6-14(23)13-5-8-16(17(10-13)27-2)28-11-19(24)25/h3-10,20H,11H2,1-2H3,(H,24,25)/b6-3+. The van der Waals surface area contributed by atoms with Gasteiger partial charge in [0.2, 0.25) is 0 Å². The van der Waals surface area contributed by atoms with Crippen molar-refractivity contribution in [2.75, 3.05) is 20.8 Å². The van der Waals surface area contributed by atoms with Crippen molar-refractivity contribution < 1.29 is 42.4 Å². The summed E-state index contributed by atoms with van der Waals surface area (Å²) in [7, 11) is 2.68. The molecular weight excluding hydrogens is 390 g/mol. The first-order valence-electron chi connectivity index (χ1n) is 8.22. The van der Waals surface area contributed by atoms with E-state index in [2.05, 4.69) is 4.74 Å². The maximum atomic E-state index is 12.5. The molecule has 29 heavy (non-hydrogen) atoms. The van der Waals surface area contributed by atoms with Crippen LogP contribution in [0.4, 0.5) is 8.78 Å². The van der Waals surface area contributed by atoms with Crippen LogP contribution in [0.2, 0.25) is 0 Å². The number of rotatable bonds is 10. The van der Waals surface area contributed by atoms with Gasteiger partial charge in [-0.2, -0.15) is 8.78 Å². The number of hydrogen-bond acceptors (Lipinski definition) is 6. The molecule has 2 rings (SSSR count). The SMILES string of the molecule is COc1cc(C(=O)/C=C/c2ccc(OC)c(OC(F)F)c2)ccc1OCC(=O)O. The van der Waals surface area contributed by atoms with Gasteiger partial charge in [-0.1, -0.05) is 12.1 Å². The molecule has 0 aromatic heterocycles. The van der Waals surface area contributed by atoms with Crippen molar-refractivity contribution >= 4 is 17.8 Å². The molecule has 0 heterocycles. The molecule has 0 saturated carbocycles. The summed E-state index contributed by atoms with van der Waals surface area (Å²) in [5, 5.41) is 8.67. The highest BCUT2D eigenvalue weighted by molar-refractivity contribution is 6.07. The third-order valence-corrected chi connectivity index (χ3v) is 3.63. The second-order valence-electron chi connectivity index (χ2n) is 5.53. The van der Waals surface area contributed by atoms with Crippen molar-refractivity contribution in [2.24, 2.45) is 0 Å². The molecule has 2 aromatic carbocycles. The number of ketones is 1. The summed E-state index contributed by atoms with van der Waals surface area (Å²) in [5.41, 5.74) is 0.710. The van der Waals surface area contributed by atoms with Gasteiger partial charge in [-0.05, 0) is 42.0 Å². The first-order chi connectivity index (χ1) is 13.8. The molecule has 0 spiro atoms. The van der Waals surface area contributed by atoms with Gasteiger partial charge >= 0.3 is 12.6 Å². The van der Waals surface area contributed by atoms with Gasteiger partial charge in [0.05, 0.1) is 14.2 Å². The highest BCUT2D eigenvalue weighted by atomic mass is 19.3. The molecule has 0 aliphatic rings. The van der Waals surface area contributed by atoms with Crippen LogP contribution in [0.15, 0.2) is 42.5 Å². The van der Waals surface area contributed by atoms with Crippen molar-refractivity contribution in [1.82, 2.24) is 0 Å². The van der Waals surface area contributed by atoms with Crippen LogP contribution in [0.1, 0.15) is 15.9 Å². The Morgan fingerprint density at radius 3 is 2.31 bits per heavy atom. The van der Waals surface area contributed by atoms with Gasteiger partial charge in [0, 0.05) is 5.56 Å². The number of halogens is 2. The lowest BCUT2D eigenvalue weighted by atomic mass is 10.1. The summed E-state index contributed by atoms with van der Waals surface area (Å²) in [6.45, 7) is -3.57. The van der Waals surface area contributed by atoms with E-state index in [1.165, 1.54) is 56.7 Å². The van der Waals surface area contributed by atoms with Crippen molar-refractivity contribution in [3.8, 4) is 23.0 Å². The van der Waals surface area contributed by atoms with E-state index in [0.29, 0.717) is 5.56 Å². The number of allylic oxidation sites excluding steroid dienone is 1. The molecule has 154 valence electrons. The summed E-state index contributed by atoms with van der Waals surface area (Å²) >= 11 is 0. The van der Waals surface area contributed by atoms with Crippen LogP contribution in [0.25, 0.3) is 6.08 Å². The van der Waals surface area contributed by atoms with E-state index in [0.717, 1.165) is 0 Å². The lowest BCUT2D eigenvalue weighted by molar-refractivity contribution is -0.139.